The van der Waals surface area contributed by atoms with E-state index in [-0.39, 0.29) is 27.3 Å². The Hall–Kier alpha value is -3.53. The topological polar surface area (TPSA) is 113 Å². The van der Waals surface area contributed by atoms with Gasteiger partial charge in [0, 0.05) is 28.2 Å². The molecule has 2 heterocycles. The number of anilines is 2. The predicted molar refractivity (Wildman–Crippen MR) is 154 cm³/mol. The molecule has 0 saturated carbocycles. The first-order valence-electron chi connectivity index (χ1n) is 13.0. The molecule has 1 saturated heterocycles. The summed E-state index contributed by atoms with van der Waals surface area (Å²) in [5.41, 5.74) is 4.28. The molecule has 0 unspecified atom stereocenters. The van der Waals surface area contributed by atoms with Crippen LogP contribution in [0.3, 0.4) is 0 Å². The van der Waals surface area contributed by atoms with Crippen molar-refractivity contribution in [3.63, 3.8) is 0 Å². The van der Waals surface area contributed by atoms with Crippen LogP contribution in [0.2, 0.25) is 10.0 Å². The summed E-state index contributed by atoms with van der Waals surface area (Å²) in [5, 5.41) is 9.00. The first-order chi connectivity index (χ1) is 19.2. The molecule has 0 bridgehead atoms. The second-order valence-electron chi connectivity index (χ2n) is 11.6. The predicted octanol–water partition coefficient (Wildman–Crippen LogP) is 5.76. The number of carbonyl (C=O) groups excluding carboxylic acids is 3. The summed E-state index contributed by atoms with van der Waals surface area (Å²) >= 11 is 12.5. The Morgan fingerprint density at radius 1 is 1.07 bits per heavy atom. The van der Waals surface area contributed by atoms with Gasteiger partial charge in [-0.05, 0) is 59.4 Å². The van der Waals surface area contributed by atoms with Crippen LogP contribution in [0.4, 0.5) is 20.2 Å². The maximum Gasteiger partial charge on any atom is 0.248 e. The van der Waals surface area contributed by atoms with E-state index in [2.05, 4.69) is 16.0 Å². The van der Waals surface area contributed by atoms with Gasteiger partial charge in [0.05, 0.1) is 16.8 Å². The molecule has 7 nitrogen and oxygen atoms in total. The van der Waals surface area contributed by atoms with E-state index in [1.807, 2.05) is 20.8 Å². The Bertz CT molecular complexity index is 1590. The Morgan fingerprint density at radius 2 is 1.80 bits per heavy atom. The highest BCUT2D eigenvalue weighted by Crippen LogP contribution is 2.57. The number of nitrogens with one attached hydrogen (secondary N) is 3. The largest absolute Gasteiger partial charge is 0.366 e. The molecule has 41 heavy (non-hydrogen) atoms. The molecule has 2 aliphatic heterocycles. The van der Waals surface area contributed by atoms with E-state index in [0.717, 1.165) is 6.07 Å². The number of carbonyl (C=O) groups is 3. The lowest BCUT2D eigenvalue weighted by Gasteiger charge is -2.37. The van der Waals surface area contributed by atoms with E-state index >= 15 is 4.39 Å². The third kappa shape index (κ3) is 4.96. The minimum atomic E-state index is -1.45. The van der Waals surface area contributed by atoms with Crippen LogP contribution in [0.5, 0.6) is 0 Å². The van der Waals surface area contributed by atoms with Crippen molar-refractivity contribution in [2.45, 2.75) is 50.6 Å². The fourth-order valence-corrected chi connectivity index (χ4v) is 6.49. The number of primary amides is 1. The molecule has 1 spiro atoms. The van der Waals surface area contributed by atoms with Crippen LogP contribution in [-0.2, 0) is 15.0 Å². The third-order valence-electron chi connectivity index (χ3n) is 7.73. The van der Waals surface area contributed by atoms with Crippen LogP contribution in [0.25, 0.3) is 0 Å². The Balaban J connectivity index is 1.70. The standard InChI is InChI=1S/C30H28Cl2F2N4O3/c1-29(2,3)13-22-30(17-9-8-15(31)12-21(17)37-28(30)41)23(16-5-4-6-18(32)24(16)34)25(38-22)27(40)36-20-10-7-14(26(35)39)11-19(20)33/h4-12,22-23,25,38H,13H2,1-3H3,(H2,35,39)(H,36,40)(H,37,41)/t22-,23-,25+,30+/m1/s1. The Labute approximate surface area is 245 Å². The number of fused-ring (bicyclic) bond motifs is 2. The highest BCUT2D eigenvalue weighted by molar-refractivity contribution is 6.31. The molecule has 3 aromatic rings. The monoisotopic (exact) mass is 600 g/mol. The van der Waals surface area contributed by atoms with Gasteiger partial charge in [-0.3, -0.25) is 14.4 Å². The lowest BCUT2D eigenvalue weighted by molar-refractivity contribution is -0.122. The third-order valence-corrected chi connectivity index (χ3v) is 8.26. The van der Waals surface area contributed by atoms with Crippen LogP contribution in [0, 0.1) is 17.0 Å². The maximum atomic E-state index is 15.8. The minimum absolute atomic E-state index is 0.0593. The molecule has 5 N–H and O–H groups in total. The molecular formula is C30H28Cl2F2N4O3. The zero-order valence-corrected chi connectivity index (χ0v) is 24.0. The van der Waals surface area contributed by atoms with Crippen molar-refractivity contribution in [3.05, 3.63) is 93.0 Å². The van der Waals surface area contributed by atoms with Gasteiger partial charge in [-0.1, -0.05) is 62.2 Å². The van der Waals surface area contributed by atoms with Gasteiger partial charge in [0.1, 0.15) is 17.0 Å². The molecule has 3 amide bonds. The Kier molecular flexibility index (Phi) is 7.34. The highest BCUT2D eigenvalue weighted by atomic mass is 35.5. The first kappa shape index (κ1) is 29.0. The van der Waals surface area contributed by atoms with Crippen molar-refractivity contribution < 1.29 is 23.2 Å². The highest BCUT2D eigenvalue weighted by Gasteiger charge is 2.66. The zero-order valence-electron chi connectivity index (χ0n) is 22.4. The van der Waals surface area contributed by atoms with Gasteiger partial charge in [-0.15, -0.1) is 0 Å². The van der Waals surface area contributed by atoms with Crippen molar-refractivity contribution in [3.8, 4) is 0 Å². The molecular weight excluding hydrogens is 573 g/mol. The summed E-state index contributed by atoms with van der Waals surface area (Å²) in [6.07, 6.45) is 0.423. The summed E-state index contributed by atoms with van der Waals surface area (Å²) in [7, 11) is 0. The van der Waals surface area contributed by atoms with Gasteiger partial charge >= 0.3 is 0 Å². The second kappa shape index (κ2) is 10.4. The van der Waals surface area contributed by atoms with Crippen LogP contribution in [-0.4, -0.2) is 29.8 Å². The van der Waals surface area contributed by atoms with Crippen LogP contribution < -0.4 is 21.7 Å². The van der Waals surface area contributed by atoms with E-state index in [1.165, 1.54) is 24.3 Å². The van der Waals surface area contributed by atoms with Gasteiger partial charge in [-0.2, -0.15) is 0 Å². The summed E-state index contributed by atoms with van der Waals surface area (Å²) in [5.74, 6) is -4.68. The van der Waals surface area contributed by atoms with Crippen LogP contribution >= 0.6 is 23.2 Å². The van der Waals surface area contributed by atoms with E-state index in [4.69, 9.17) is 28.9 Å². The summed E-state index contributed by atoms with van der Waals surface area (Å²) in [4.78, 5) is 39.6. The summed E-state index contributed by atoms with van der Waals surface area (Å²) in [6.45, 7) is 5.99. The molecule has 0 aromatic heterocycles. The van der Waals surface area contributed by atoms with Crippen molar-refractivity contribution >= 4 is 52.3 Å². The van der Waals surface area contributed by atoms with Crippen molar-refractivity contribution in [1.29, 1.82) is 0 Å². The number of hydrogen-bond donors (Lipinski definition) is 4. The van der Waals surface area contributed by atoms with Gasteiger partial charge in [0.25, 0.3) is 0 Å². The van der Waals surface area contributed by atoms with E-state index in [9.17, 15) is 18.8 Å². The average Bonchev–Trinajstić information content (AvgIpc) is 3.35. The molecule has 4 atom stereocenters. The molecule has 3 aromatic carbocycles. The van der Waals surface area contributed by atoms with Gasteiger partial charge in [0.2, 0.25) is 17.7 Å². The number of hydrogen-bond acceptors (Lipinski definition) is 4. The van der Waals surface area contributed by atoms with Gasteiger partial charge < -0.3 is 21.7 Å². The number of rotatable bonds is 5. The molecule has 5 rings (SSSR count). The smallest absolute Gasteiger partial charge is 0.248 e. The van der Waals surface area contributed by atoms with Crippen LogP contribution in [0.1, 0.15) is 54.6 Å². The molecule has 0 radical (unpaired) electrons. The summed E-state index contributed by atoms with van der Waals surface area (Å²) < 4.78 is 30.7. The summed E-state index contributed by atoms with van der Waals surface area (Å²) in [6, 6.07) is 11.0. The second-order valence-corrected chi connectivity index (χ2v) is 12.5. The molecule has 1 fully saturated rings. The quantitative estimate of drug-likeness (QED) is 0.298. The first-order valence-corrected chi connectivity index (χ1v) is 13.7. The van der Waals surface area contributed by atoms with E-state index in [0.29, 0.717) is 22.7 Å². The fourth-order valence-electron chi connectivity index (χ4n) is 6.13. The normalized spacial score (nSPS) is 23.4. The van der Waals surface area contributed by atoms with Gasteiger partial charge in [0.15, 0.2) is 0 Å². The van der Waals surface area contributed by atoms with E-state index in [1.54, 1.807) is 24.3 Å². The van der Waals surface area contributed by atoms with Crippen LogP contribution in [0.15, 0.2) is 54.6 Å². The SMILES string of the molecule is CC(C)(C)C[C@H]1N[C@H](C(=O)Nc2ccc(C(N)=O)cc2F)[C@@H](c2cccc(Cl)c2F)[C@@]12C(=O)Nc1cc(Cl)ccc12. The van der Waals surface area contributed by atoms with Gasteiger partial charge in [-0.25, -0.2) is 8.78 Å². The minimum Gasteiger partial charge on any atom is -0.366 e. The zero-order chi connectivity index (χ0) is 29.9. The van der Waals surface area contributed by atoms with E-state index < -0.39 is 52.8 Å². The maximum absolute atomic E-state index is 15.8. The number of nitrogens with two attached hydrogens (primary N) is 1. The fraction of sp³-hybridized carbons (Fsp3) is 0.300. The molecule has 214 valence electrons. The van der Waals surface area contributed by atoms with Crippen molar-refractivity contribution in [2.24, 2.45) is 11.1 Å². The number of halogens is 4. The Morgan fingerprint density at radius 3 is 2.46 bits per heavy atom. The lowest BCUT2D eigenvalue weighted by Crippen LogP contribution is -2.49. The number of amides is 3. The lowest BCUT2D eigenvalue weighted by atomic mass is 9.62. The van der Waals surface area contributed by atoms with Crippen molar-refractivity contribution in [2.75, 3.05) is 10.6 Å². The van der Waals surface area contributed by atoms with Crippen molar-refractivity contribution in [1.82, 2.24) is 5.32 Å². The molecule has 11 heteroatoms. The molecule has 2 aliphatic rings. The molecule has 0 aliphatic carbocycles. The number of benzene rings is 3. The average molecular weight is 601 g/mol.